The third kappa shape index (κ3) is 6.07. The van der Waals surface area contributed by atoms with Crippen molar-refractivity contribution in [1.29, 1.82) is 0 Å². The zero-order valence-corrected chi connectivity index (χ0v) is 10.6. The largest absolute Gasteiger partial charge is 0.394 e. The first kappa shape index (κ1) is 16.0. The molecule has 3 N–H and O–H groups in total. The van der Waals surface area contributed by atoms with Crippen LogP contribution < -0.4 is 5.32 Å². The van der Waals surface area contributed by atoms with E-state index < -0.39 is 17.7 Å². The molecule has 0 heterocycles. The first-order chi connectivity index (χ1) is 9.15. The fourth-order valence-electron chi connectivity index (χ4n) is 1.54. The van der Waals surface area contributed by atoms with Crippen molar-refractivity contribution in [2.24, 2.45) is 0 Å². The van der Waals surface area contributed by atoms with Gasteiger partial charge in [0.2, 0.25) is 0 Å². The normalized spacial score (nSPS) is 12.6. The van der Waals surface area contributed by atoms with Crippen LogP contribution in [0, 0.1) is 11.6 Å². The average Bonchev–Trinajstić information content (AvgIpc) is 2.40. The monoisotopic (exact) mass is 275 g/mol. The van der Waals surface area contributed by atoms with Crippen molar-refractivity contribution in [3.05, 3.63) is 35.4 Å². The molecule has 0 aromatic heterocycles. The predicted molar refractivity (Wildman–Crippen MR) is 66.7 cm³/mol. The van der Waals surface area contributed by atoms with Gasteiger partial charge in [-0.1, -0.05) is 6.07 Å². The minimum Gasteiger partial charge on any atom is -0.394 e. The van der Waals surface area contributed by atoms with Crippen molar-refractivity contribution >= 4 is 0 Å². The van der Waals surface area contributed by atoms with Crippen molar-refractivity contribution in [3.8, 4) is 0 Å². The van der Waals surface area contributed by atoms with E-state index >= 15 is 0 Å². The molecular weight excluding hydrogens is 256 g/mol. The lowest BCUT2D eigenvalue weighted by Crippen LogP contribution is -2.23. The molecule has 1 rings (SSSR count). The Labute approximate surface area is 111 Å². The van der Waals surface area contributed by atoms with Gasteiger partial charge in [0, 0.05) is 13.2 Å². The van der Waals surface area contributed by atoms with Gasteiger partial charge >= 0.3 is 0 Å². The van der Waals surface area contributed by atoms with Gasteiger partial charge in [0.1, 0.15) is 0 Å². The molecule has 6 heteroatoms. The molecule has 0 aliphatic rings. The molecule has 0 bridgehead atoms. The summed E-state index contributed by atoms with van der Waals surface area (Å²) >= 11 is 0. The van der Waals surface area contributed by atoms with Crippen LogP contribution in [0.4, 0.5) is 8.78 Å². The molecular formula is C13H19F2NO3. The van der Waals surface area contributed by atoms with Gasteiger partial charge in [0.25, 0.3) is 0 Å². The number of halogens is 2. The van der Waals surface area contributed by atoms with Gasteiger partial charge in [0.15, 0.2) is 11.6 Å². The Morgan fingerprint density at radius 2 is 2.00 bits per heavy atom. The molecule has 1 aromatic carbocycles. The summed E-state index contributed by atoms with van der Waals surface area (Å²) in [6.45, 7) is 1.73. The van der Waals surface area contributed by atoms with Gasteiger partial charge in [-0.05, 0) is 30.7 Å². The molecule has 4 nitrogen and oxygen atoms in total. The summed E-state index contributed by atoms with van der Waals surface area (Å²) in [6, 6.07) is 3.35. The van der Waals surface area contributed by atoms with Crippen molar-refractivity contribution in [3.63, 3.8) is 0 Å². The standard InChI is InChI=1S/C13H19F2NO3/c14-11-3-2-10(8-12(11)15)13(18)9-16-4-1-6-19-7-5-17/h2-3,8,13,16-18H,1,4-7,9H2. The van der Waals surface area contributed by atoms with Crippen LogP contribution in [0.1, 0.15) is 18.1 Å². The Hall–Kier alpha value is -1.08. The topological polar surface area (TPSA) is 61.7 Å². The van der Waals surface area contributed by atoms with Crippen molar-refractivity contribution in [2.75, 3.05) is 32.9 Å². The van der Waals surface area contributed by atoms with Crippen molar-refractivity contribution < 1.29 is 23.7 Å². The maximum atomic E-state index is 13.0. The Kier molecular flexibility index (Phi) is 7.50. The summed E-state index contributed by atoms with van der Waals surface area (Å²) in [5, 5.41) is 21.2. The predicted octanol–water partition coefficient (Wildman–Crippen LogP) is 0.987. The maximum absolute atomic E-state index is 13.0. The SMILES string of the molecule is OCCOCCCNCC(O)c1ccc(F)c(F)c1. The molecule has 0 spiro atoms. The molecule has 0 saturated carbocycles. The highest BCUT2D eigenvalue weighted by Crippen LogP contribution is 2.15. The average molecular weight is 275 g/mol. The van der Waals surface area contributed by atoms with E-state index in [-0.39, 0.29) is 13.2 Å². The van der Waals surface area contributed by atoms with Crippen LogP contribution in [0.3, 0.4) is 0 Å². The number of nitrogens with one attached hydrogen (secondary N) is 1. The third-order valence-corrected chi connectivity index (χ3v) is 2.54. The molecule has 108 valence electrons. The van der Waals surface area contributed by atoms with Gasteiger partial charge < -0.3 is 20.3 Å². The summed E-state index contributed by atoms with van der Waals surface area (Å²) in [6.07, 6.45) is -0.140. The van der Waals surface area contributed by atoms with Gasteiger partial charge in [-0.3, -0.25) is 0 Å². The zero-order chi connectivity index (χ0) is 14.1. The van der Waals surface area contributed by atoms with E-state index in [1.165, 1.54) is 6.07 Å². The van der Waals surface area contributed by atoms with Gasteiger partial charge in [-0.25, -0.2) is 8.78 Å². The van der Waals surface area contributed by atoms with Gasteiger partial charge in [-0.2, -0.15) is 0 Å². The lowest BCUT2D eigenvalue weighted by molar-refractivity contribution is 0.0899. The molecule has 1 aromatic rings. The number of aliphatic hydroxyl groups excluding tert-OH is 2. The van der Waals surface area contributed by atoms with E-state index in [4.69, 9.17) is 9.84 Å². The van der Waals surface area contributed by atoms with E-state index in [1.807, 2.05) is 0 Å². The molecule has 19 heavy (non-hydrogen) atoms. The molecule has 0 fully saturated rings. The zero-order valence-electron chi connectivity index (χ0n) is 10.6. The summed E-state index contributed by atoms with van der Waals surface area (Å²) in [7, 11) is 0. The fraction of sp³-hybridized carbons (Fsp3) is 0.538. The third-order valence-electron chi connectivity index (χ3n) is 2.54. The quantitative estimate of drug-likeness (QED) is 0.588. The summed E-state index contributed by atoms with van der Waals surface area (Å²) in [5.41, 5.74) is 0.336. The number of ether oxygens (including phenoxy) is 1. The smallest absolute Gasteiger partial charge is 0.159 e. The van der Waals surface area contributed by atoms with Crippen molar-refractivity contribution in [2.45, 2.75) is 12.5 Å². The highest BCUT2D eigenvalue weighted by Gasteiger charge is 2.10. The van der Waals surface area contributed by atoms with Gasteiger partial charge in [-0.15, -0.1) is 0 Å². The number of rotatable bonds is 9. The number of aliphatic hydroxyl groups is 2. The minimum absolute atomic E-state index is 0.00226. The second-order valence-corrected chi connectivity index (χ2v) is 4.08. The van der Waals surface area contributed by atoms with Crippen LogP contribution in [-0.2, 0) is 4.74 Å². The molecule has 0 amide bonds. The van der Waals surface area contributed by atoms with Crippen LogP contribution in [0.5, 0.6) is 0 Å². The molecule has 0 radical (unpaired) electrons. The Morgan fingerprint density at radius 1 is 1.21 bits per heavy atom. The fourth-order valence-corrected chi connectivity index (χ4v) is 1.54. The van der Waals surface area contributed by atoms with Crippen LogP contribution >= 0.6 is 0 Å². The van der Waals surface area contributed by atoms with Gasteiger partial charge in [0.05, 0.1) is 19.3 Å². The van der Waals surface area contributed by atoms with E-state index in [1.54, 1.807) is 0 Å². The molecule has 0 saturated heterocycles. The van der Waals surface area contributed by atoms with Crippen LogP contribution in [0.25, 0.3) is 0 Å². The summed E-state index contributed by atoms with van der Waals surface area (Å²) < 4.78 is 30.7. The highest BCUT2D eigenvalue weighted by molar-refractivity contribution is 5.20. The molecule has 0 aliphatic carbocycles. The van der Waals surface area contributed by atoms with E-state index in [2.05, 4.69) is 5.32 Å². The number of hydrogen-bond donors (Lipinski definition) is 3. The second-order valence-electron chi connectivity index (χ2n) is 4.08. The molecule has 0 aliphatic heterocycles. The summed E-state index contributed by atoms with van der Waals surface area (Å²) in [5.74, 6) is -1.89. The van der Waals surface area contributed by atoms with E-state index in [9.17, 15) is 13.9 Å². The Morgan fingerprint density at radius 3 is 2.68 bits per heavy atom. The number of hydrogen-bond acceptors (Lipinski definition) is 4. The first-order valence-electron chi connectivity index (χ1n) is 6.17. The number of benzene rings is 1. The van der Waals surface area contributed by atoms with E-state index in [0.717, 1.165) is 18.6 Å². The molecule has 1 atom stereocenters. The lowest BCUT2D eigenvalue weighted by Gasteiger charge is -2.12. The van der Waals surface area contributed by atoms with Crippen molar-refractivity contribution in [1.82, 2.24) is 5.32 Å². The minimum atomic E-state index is -0.964. The van der Waals surface area contributed by atoms with Crippen LogP contribution in [0.15, 0.2) is 18.2 Å². The van der Waals surface area contributed by atoms with E-state index in [0.29, 0.717) is 25.3 Å². The first-order valence-corrected chi connectivity index (χ1v) is 6.17. The van der Waals surface area contributed by atoms with Crippen LogP contribution in [0.2, 0.25) is 0 Å². The Bertz CT molecular complexity index is 377. The van der Waals surface area contributed by atoms with Crippen LogP contribution in [-0.4, -0.2) is 43.1 Å². The lowest BCUT2D eigenvalue weighted by atomic mass is 10.1. The Balaban J connectivity index is 2.20. The molecule has 1 unspecified atom stereocenters. The highest BCUT2D eigenvalue weighted by atomic mass is 19.2. The summed E-state index contributed by atoms with van der Waals surface area (Å²) in [4.78, 5) is 0. The maximum Gasteiger partial charge on any atom is 0.159 e. The second kappa shape index (κ2) is 8.92.